The van der Waals surface area contributed by atoms with Crippen molar-refractivity contribution in [2.45, 2.75) is 12.1 Å². The van der Waals surface area contributed by atoms with Gasteiger partial charge in [0.15, 0.2) is 0 Å². The molecule has 0 saturated heterocycles. The Morgan fingerprint density at radius 1 is 1.19 bits per heavy atom. The number of amides is 1. The number of para-hydroxylation sites is 1. The van der Waals surface area contributed by atoms with Gasteiger partial charge in [0.25, 0.3) is 0 Å². The summed E-state index contributed by atoms with van der Waals surface area (Å²) in [6, 6.07) is 10.7. The van der Waals surface area contributed by atoms with E-state index in [9.17, 15) is 4.79 Å². The number of rotatable bonds is 5. The standard InChI is InChI=1S/C16H12Cl3N5OS/c1-9-4-2-3-5-13(9)24-16(21-22-23-24)26-8-14(25)20-15-11(18)6-10(17)7-12(15)19/h2-7H,8H2,1H3,(H,20,25). The maximum absolute atomic E-state index is 12.3. The second-order valence-electron chi connectivity index (χ2n) is 5.24. The van der Waals surface area contributed by atoms with Crippen LogP contribution in [0.25, 0.3) is 5.69 Å². The van der Waals surface area contributed by atoms with Crippen LogP contribution in [0.2, 0.25) is 15.1 Å². The average molecular weight is 429 g/mol. The van der Waals surface area contributed by atoms with Crippen LogP contribution in [0.1, 0.15) is 5.56 Å². The van der Waals surface area contributed by atoms with Gasteiger partial charge in [0, 0.05) is 5.02 Å². The minimum Gasteiger partial charge on any atom is -0.323 e. The zero-order valence-electron chi connectivity index (χ0n) is 13.4. The molecular weight excluding hydrogens is 417 g/mol. The molecule has 0 aliphatic rings. The third-order valence-corrected chi connectivity index (χ3v) is 5.12. The Bertz CT molecular complexity index is 940. The normalized spacial score (nSPS) is 10.8. The smallest absolute Gasteiger partial charge is 0.234 e. The van der Waals surface area contributed by atoms with Crippen molar-refractivity contribution in [2.75, 3.05) is 11.1 Å². The molecule has 0 saturated carbocycles. The molecule has 0 unspecified atom stereocenters. The lowest BCUT2D eigenvalue weighted by Crippen LogP contribution is -2.15. The van der Waals surface area contributed by atoms with Crippen molar-refractivity contribution in [1.29, 1.82) is 0 Å². The molecule has 0 spiro atoms. The molecule has 0 fully saturated rings. The summed E-state index contributed by atoms with van der Waals surface area (Å²) in [5.41, 5.74) is 2.19. The number of thioether (sulfide) groups is 1. The molecule has 10 heteroatoms. The van der Waals surface area contributed by atoms with Crippen LogP contribution in [0.4, 0.5) is 5.69 Å². The van der Waals surface area contributed by atoms with E-state index < -0.39 is 0 Å². The van der Waals surface area contributed by atoms with Crippen molar-refractivity contribution in [1.82, 2.24) is 20.2 Å². The molecule has 134 valence electrons. The van der Waals surface area contributed by atoms with Crippen LogP contribution < -0.4 is 5.32 Å². The highest BCUT2D eigenvalue weighted by Crippen LogP contribution is 2.33. The number of aryl methyl sites for hydroxylation is 1. The van der Waals surface area contributed by atoms with Gasteiger partial charge in [-0.2, -0.15) is 4.68 Å². The summed E-state index contributed by atoms with van der Waals surface area (Å²) in [5, 5.41) is 15.8. The molecule has 2 aromatic carbocycles. The fraction of sp³-hybridized carbons (Fsp3) is 0.125. The Labute approximate surface area is 168 Å². The number of aromatic nitrogens is 4. The second-order valence-corrected chi connectivity index (χ2v) is 7.43. The van der Waals surface area contributed by atoms with Crippen molar-refractivity contribution in [2.24, 2.45) is 0 Å². The SMILES string of the molecule is Cc1ccccc1-n1nnnc1SCC(=O)Nc1c(Cl)cc(Cl)cc1Cl. The monoisotopic (exact) mass is 427 g/mol. The van der Waals surface area contributed by atoms with Gasteiger partial charge < -0.3 is 5.32 Å². The highest BCUT2D eigenvalue weighted by atomic mass is 35.5. The highest BCUT2D eigenvalue weighted by molar-refractivity contribution is 7.99. The molecule has 6 nitrogen and oxygen atoms in total. The third-order valence-electron chi connectivity index (χ3n) is 3.39. The highest BCUT2D eigenvalue weighted by Gasteiger charge is 2.15. The average Bonchev–Trinajstić information content (AvgIpc) is 3.05. The summed E-state index contributed by atoms with van der Waals surface area (Å²) >= 11 is 19.2. The number of hydrogen-bond donors (Lipinski definition) is 1. The Balaban J connectivity index is 1.70. The summed E-state index contributed by atoms with van der Waals surface area (Å²) in [5.74, 6) is -0.206. The van der Waals surface area contributed by atoms with Gasteiger partial charge in [0.2, 0.25) is 11.1 Å². The molecule has 0 aliphatic carbocycles. The van der Waals surface area contributed by atoms with Gasteiger partial charge in [0.1, 0.15) is 0 Å². The van der Waals surface area contributed by atoms with Gasteiger partial charge in [-0.3, -0.25) is 4.79 Å². The molecule has 3 aromatic rings. The maximum atomic E-state index is 12.3. The number of carbonyl (C=O) groups excluding carboxylic acids is 1. The Morgan fingerprint density at radius 2 is 1.88 bits per heavy atom. The first-order valence-corrected chi connectivity index (χ1v) is 9.49. The van der Waals surface area contributed by atoms with Crippen molar-refractivity contribution in [3.05, 3.63) is 57.0 Å². The molecule has 0 bridgehead atoms. The van der Waals surface area contributed by atoms with Crippen LogP contribution >= 0.6 is 46.6 Å². The topological polar surface area (TPSA) is 72.7 Å². The maximum Gasteiger partial charge on any atom is 0.234 e. The molecule has 1 amide bonds. The number of anilines is 1. The minimum atomic E-state index is -0.291. The number of carbonyl (C=O) groups is 1. The minimum absolute atomic E-state index is 0.0849. The second kappa shape index (κ2) is 8.26. The van der Waals surface area contributed by atoms with E-state index >= 15 is 0 Å². The largest absolute Gasteiger partial charge is 0.323 e. The van der Waals surface area contributed by atoms with E-state index in [2.05, 4.69) is 20.8 Å². The first-order chi connectivity index (χ1) is 12.5. The van der Waals surface area contributed by atoms with Gasteiger partial charge >= 0.3 is 0 Å². The van der Waals surface area contributed by atoms with Crippen molar-refractivity contribution >= 4 is 58.2 Å². The lowest BCUT2D eigenvalue weighted by Gasteiger charge is -2.10. The number of hydrogen-bond acceptors (Lipinski definition) is 5. The summed E-state index contributed by atoms with van der Waals surface area (Å²) < 4.78 is 1.59. The third kappa shape index (κ3) is 4.29. The predicted molar refractivity (Wildman–Crippen MR) is 105 cm³/mol. The zero-order chi connectivity index (χ0) is 18.7. The lowest BCUT2D eigenvalue weighted by atomic mass is 10.2. The first-order valence-electron chi connectivity index (χ1n) is 7.37. The van der Waals surface area contributed by atoms with Crippen LogP contribution in [0.3, 0.4) is 0 Å². The summed E-state index contributed by atoms with van der Waals surface area (Å²) in [4.78, 5) is 12.3. The van der Waals surface area contributed by atoms with Crippen LogP contribution in [0.5, 0.6) is 0 Å². The van der Waals surface area contributed by atoms with Crippen LogP contribution in [0, 0.1) is 6.92 Å². The molecular formula is C16H12Cl3N5OS. The van der Waals surface area contributed by atoms with Gasteiger partial charge in [0.05, 0.1) is 27.2 Å². The lowest BCUT2D eigenvalue weighted by molar-refractivity contribution is -0.113. The van der Waals surface area contributed by atoms with Crippen molar-refractivity contribution < 1.29 is 4.79 Å². The molecule has 1 N–H and O–H groups in total. The van der Waals surface area contributed by atoms with E-state index in [1.165, 1.54) is 23.9 Å². The Morgan fingerprint density at radius 3 is 2.58 bits per heavy atom. The van der Waals surface area contributed by atoms with Crippen LogP contribution in [-0.4, -0.2) is 31.9 Å². The van der Waals surface area contributed by atoms with Gasteiger partial charge in [-0.05, 0) is 41.1 Å². The van der Waals surface area contributed by atoms with E-state index in [0.29, 0.717) is 15.9 Å². The predicted octanol–water partition coefficient (Wildman–Crippen LogP) is 4.66. The summed E-state index contributed by atoms with van der Waals surface area (Å²) in [6.45, 7) is 1.96. The molecule has 26 heavy (non-hydrogen) atoms. The molecule has 3 rings (SSSR count). The zero-order valence-corrected chi connectivity index (χ0v) is 16.5. The number of halogens is 3. The molecule has 0 radical (unpaired) electrons. The van der Waals surface area contributed by atoms with E-state index in [0.717, 1.165) is 11.3 Å². The van der Waals surface area contributed by atoms with Gasteiger partial charge in [-0.1, -0.05) is 64.8 Å². The summed E-state index contributed by atoms with van der Waals surface area (Å²) in [7, 11) is 0. The van der Waals surface area contributed by atoms with Crippen LogP contribution in [0.15, 0.2) is 41.6 Å². The van der Waals surface area contributed by atoms with Crippen molar-refractivity contribution in [3.8, 4) is 5.69 Å². The van der Waals surface area contributed by atoms with E-state index in [-0.39, 0.29) is 21.7 Å². The molecule has 0 aliphatic heterocycles. The van der Waals surface area contributed by atoms with E-state index in [1.54, 1.807) is 4.68 Å². The van der Waals surface area contributed by atoms with Crippen LogP contribution in [-0.2, 0) is 4.79 Å². The van der Waals surface area contributed by atoms with Crippen molar-refractivity contribution in [3.63, 3.8) is 0 Å². The number of benzene rings is 2. The molecule has 1 aromatic heterocycles. The molecule has 1 heterocycles. The number of nitrogens with zero attached hydrogens (tertiary/aromatic N) is 4. The van der Waals surface area contributed by atoms with E-state index in [4.69, 9.17) is 34.8 Å². The Hall–Kier alpha value is -1.80. The molecule has 0 atom stereocenters. The number of nitrogens with one attached hydrogen (secondary N) is 1. The van der Waals surface area contributed by atoms with Gasteiger partial charge in [-0.25, -0.2) is 0 Å². The fourth-order valence-electron chi connectivity index (χ4n) is 2.19. The van der Waals surface area contributed by atoms with E-state index in [1.807, 2.05) is 31.2 Å². The van der Waals surface area contributed by atoms with Gasteiger partial charge in [-0.15, -0.1) is 5.10 Å². The fourth-order valence-corrected chi connectivity index (χ4v) is 3.78. The summed E-state index contributed by atoms with van der Waals surface area (Å²) in [6.07, 6.45) is 0. The quantitative estimate of drug-likeness (QED) is 0.598. The number of tetrazole rings is 1. The Kier molecular flexibility index (Phi) is 6.03. The first kappa shape index (κ1) is 19.0.